The second-order valence-corrected chi connectivity index (χ2v) is 4.14. The number of nitrogens with zero attached hydrogens (tertiary/aromatic N) is 1. The average Bonchev–Trinajstić information content (AvgIpc) is 2.16. The van der Waals surface area contributed by atoms with Crippen LogP contribution in [0.2, 0.25) is 0 Å². The minimum Gasteiger partial charge on any atom is -0.479 e. The largest absolute Gasteiger partial charge is 0.479 e. The lowest BCUT2D eigenvalue weighted by molar-refractivity contribution is -0.155. The minimum atomic E-state index is -1.79. The van der Waals surface area contributed by atoms with Crippen molar-refractivity contribution in [2.24, 2.45) is 0 Å². The molecule has 1 atom stereocenters. The Kier molecular flexibility index (Phi) is 3.65. The van der Waals surface area contributed by atoms with Gasteiger partial charge >= 0.3 is 5.97 Å². The maximum atomic E-state index is 10.6. The maximum Gasteiger partial charge on any atom is 0.337 e. The number of pyridine rings is 1. The molecule has 1 aromatic rings. The molecule has 0 bridgehead atoms. The summed E-state index contributed by atoms with van der Waals surface area (Å²) in [6.45, 7) is 1.16. The van der Waals surface area contributed by atoms with E-state index in [2.05, 4.69) is 26.2 Å². The van der Waals surface area contributed by atoms with Crippen LogP contribution in [-0.2, 0) is 4.79 Å². The molecule has 1 heterocycles. The number of halogens is 1. The third kappa shape index (κ3) is 3.17. The van der Waals surface area contributed by atoms with E-state index in [1.807, 2.05) is 0 Å². The molecule has 0 saturated heterocycles. The zero-order chi connectivity index (χ0) is 11.5. The monoisotopic (exact) mass is 274 g/mol. The number of anilines is 1. The summed E-state index contributed by atoms with van der Waals surface area (Å²) in [5.74, 6) is -1.26. The summed E-state index contributed by atoms with van der Waals surface area (Å²) in [6, 6.07) is 1.68. The van der Waals surface area contributed by atoms with Gasteiger partial charge in [-0.25, -0.2) is 4.79 Å². The van der Waals surface area contributed by atoms with Crippen LogP contribution in [0.1, 0.15) is 6.92 Å². The Morgan fingerprint density at radius 3 is 2.93 bits per heavy atom. The number of carbonyl (C=O) groups is 1. The van der Waals surface area contributed by atoms with Crippen LogP contribution in [0.3, 0.4) is 0 Å². The first kappa shape index (κ1) is 11.9. The van der Waals surface area contributed by atoms with E-state index in [9.17, 15) is 9.90 Å². The van der Waals surface area contributed by atoms with Crippen LogP contribution in [0.4, 0.5) is 5.69 Å². The van der Waals surface area contributed by atoms with Crippen molar-refractivity contribution in [2.45, 2.75) is 12.5 Å². The number of nitrogens with one attached hydrogen (secondary N) is 1. The van der Waals surface area contributed by atoms with Crippen LogP contribution in [0.25, 0.3) is 0 Å². The van der Waals surface area contributed by atoms with E-state index in [1.54, 1.807) is 18.5 Å². The number of rotatable bonds is 4. The highest BCUT2D eigenvalue weighted by Crippen LogP contribution is 2.20. The first-order valence-electron chi connectivity index (χ1n) is 4.22. The van der Waals surface area contributed by atoms with E-state index < -0.39 is 11.6 Å². The Morgan fingerprint density at radius 1 is 1.73 bits per heavy atom. The summed E-state index contributed by atoms with van der Waals surface area (Å²) in [4.78, 5) is 14.5. The van der Waals surface area contributed by atoms with Crippen molar-refractivity contribution in [3.05, 3.63) is 22.9 Å². The number of hydrogen-bond acceptors (Lipinski definition) is 4. The summed E-state index contributed by atoms with van der Waals surface area (Å²) < 4.78 is 0.714. The van der Waals surface area contributed by atoms with Gasteiger partial charge in [0.1, 0.15) is 0 Å². The fourth-order valence-corrected chi connectivity index (χ4v) is 1.25. The quantitative estimate of drug-likeness (QED) is 0.766. The molecule has 0 aliphatic carbocycles. The van der Waals surface area contributed by atoms with E-state index in [4.69, 9.17) is 5.11 Å². The second-order valence-electron chi connectivity index (χ2n) is 3.29. The van der Waals surface area contributed by atoms with E-state index in [0.29, 0.717) is 10.2 Å². The van der Waals surface area contributed by atoms with E-state index in [1.165, 1.54) is 6.92 Å². The van der Waals surface area contributed by atoms with Crippen LogP contribution < -0.4 is 5.32 Å². The lowest BCUT2D eigenvalue weighted by Gasteiger charge is -2.19. The minimum absolute atomic E-state index is 0.0784. The third-order valence-corrected chi connectivity index (χ3v) is 2.49. The molecule has 0 aliphatic rings. The van der Waals surface area contributed by atoms with Gasteiger partial charge in [0.05, 0.1) is 16.7 Å². The van der Waals surface area contributed by atoms with Crippen LogP contribution in [0.15, 0.2) is 22.9 Å². The molecule has 82 valence electrons. The molecule has 0 aromatic carbocycles. The van der Waals surface area contributed by atoms with Crippen molar-refractivity contribution in [3.63, 3.8) is 0 Å². The molecule has 0 spiro atoms. The predicted octanol–water partition coefficient (Wildman–Crippen LogP) is 1.09. The van der Waals surface area contributed by atoms with E-state index in [-0.39, 0.29) is 6.54 Å². The van der Waals surface area contributed by atoms with Gasteiger partial charge in [0, 0.05) is 12.4 Å². The number of hydrogen-bond donors (Lipinski definition) is 3. The fourth-order valence-electron chi connectivity index (χ4n) is 0.862. The first-order chi connectivity index (χ1) is 6.93. The van der Waals surface area contributed by atoms with Gasteiger partial charge in [-0.15, -0.1) is 0 Å². The van der Waals surface area contributed by atoms with Crippen molar-refractivity contribution < 1.29 is 15.0 Å². The summed E-state index contributed by atoms with van der Waals surface area (Å²) in [6.07, 6.45) is 3.15. The average molecular weight is 275 g/mol. The van der Waals surface area contributed by atoms with Crippen LogP contribution in [0.5, 0.6) is 0 Å². The Morgan fingerprint density at radius 2 is 2.40 bits per heavy atom. The van der Waals surface area contributed by atoms with Gasteiger partial charge in [-0.1, -0.05) is 0 Å². The zero-order valence-electron chi connectivity index (χ0n) is 8.07. The standard InChI is InChI=1S/C9H11BrN2O3/c1-9(15,8(13)14)5-12-7-2-3-11-4-6(7)10/h2-4,15H,5H2,1H3,(H,11,12)(H,13,14). The lowest BCUT2D eigenvalue weighted by atomic mass is 10.1. The van der Waals surface area contributed by atoms with Gasteiger partial charge in [-0.05, 0) is 28.9 Å². The van der Waals surface area contributed by atoms with Crippen molar-refractivity contribution in [1.29, 1.82) is 0 Å². The third-order valence-electron chi connectivity index (χ3n) is 1.86. The van der Waals surface area contributed by atoms with Gasteiger partial charge in [0.15, 0.2) is 5.60 Å². The molecular formula is C9H11BrN2O3. The lowest BCUT2D eigenvalue weighted by Crippen LogP contribution is -2.41. The van der Waals surface area contributed by atoms with E-state index >= 15 is 0 Å². The molecule has 0 amide bonds. The number of carboxylic acid groups (broad SMARTS) is 1. The Hall–Kier alpha value is -1.14. The number of aromatic nitrogens is 1. The van der Waals surface area contributed by atoms with Crippen LogP contribution in [0, 0.1) is 0 Å². The summed E-state index contributed by atoms with van der Waals surface area (Å²) in [5, 5.41) is 20.9. The molecule has 0 saturated carbocycles. The molecule has 6 heteroatoms. The maximum absolute atomic E-state index is 10.6. The van der Waals surface area contributed by atoms with Crippen molar-refractivity contribution >= 4 is 27.6 Å². The highest BCUT2D eigenvalue weighted by atomic mass is 79.9. The summed E-state index contributed by atoms with van der Waals surface area (Å²) in [7, 11) is 0. The molecular weight excluding hydrogens is 264 g/mol. The first-order valence-corrected chi connectivity index (χ1v) is 5.02. The van der Waals surface area contributed by atoms with Gasteiger partial charge in [-0.2, -0.15) is 0 Å². The highest BCUT2D eigenvalue weighted by molar-refractivity contribution is 9.10. The normalized spacial score (nSPS) is 14.3. The molecule has 5 nitrogen and oxygen atoms in total. The van der Waals surface area contributed by atoms with Crippen LogP contribution in [-0.4, -0.2) is 33.3 Å². The summed E-state index contributed by atoms with van der Waals surface area (Å²) in [5.41, 5.74) is -1.10. The van der Waals surface area contributed by atoms with Crippen molar-refractivity contribution in [1.82, 2.24) is 4.98 Å². The van der Waals surface area contributed by atoms with E-state index in [0.717, 1.165) is 0 Å². The van der Waals surface area contributed by atoms with Crippen molar-refractivity contribution in [3.8, 4) is 0 Å². The summed E-state index contributed by atoms with van der Waals surface area (Å²) >= 11 is 3.25. The van der Waals surface area contributed by atoms with Crippen LogP contribution >= 0.6 is 15.9 Å². The molecule has 0 radical (unpaired) electrons. The molecule has 3 N–H and O–H groups in total. The molecule has 1 aromatic heterocycles. The second kappa shape index (κ2) is 4.59. The Bertz CT molecular complexity index is 368. The Balaban J connectivity index is 2.66. The topological polar surface area (TPSA) is 82.5 Å². The fraction of sp³-hybridized carbons (Fsp3) is 0.333. The predicted molar refractivity (Wildman–Crippen MR) is 58.7 cm³/mol. The molecule has 0 aliphatic heterocycles. The molecule has 15 heavy (non-hydrogen) atoms. The highest BCUT2D eigenvalue weighted by Gasteiger charge is 2.29. The number of carboxylic acids is 1. The van der Waals surface area contributed by atoms with Gasteiger partial charge in [0.25, 0.3) is 0 Å². The SMILES string of the molecule is CC(O)(CNc1ccncc1Br)C(=O)O. The molecule has 1 unspecified atom stereocenters. The smallest absolute Gasteiger partial charge is 0.337 e. The number of aliphatic carboxylic acids is 1. The molecule has 1 rings (SSSR count). The van der Waals surface area contributed by atoms with Gasteiger partial charge < -0.3 is 15.5 Å². The Labute approximate surface area is 95.3 Å². The number of aliphatic hydroxyl groups is 1. The van der Waals surface area contributed by atoms with Gasteiger partial charge in [-0.3, -0.25) is 4.98 Å². The molecule has 0 fully saturated rings. The van der Waals surface area contributed by atoms with Crippen molar-refractivity contribution in [2.75, 3.05) is 11.9 Å². The van der Waals surface area contributed by atoms with Gasteiger partial charge in [0.2, 0.25) is 0 Å². The zero-order valence-corrected chi connectivity index (χ0v) is 9.65.